The van der Waals surface area contributed by atoms with Gasteiger partial charge in [-0.05, 0) is 43.7 Å². The van der Waals surface area contributed by atoms with Crippen LogP contribution in [0.4, 0.5) is 0 Å². The monoisotopic (exact) mass is 318 g/mol. The number of halogens is 1. The average molecular weight is 319 g/mol. The summed E-state index contributed by atoms with van der Waals surface area (Å²) in [5.41, 5.74) is 0. The predicted octanol–water partition coefficient (Wildman–Crippen LogP) is 1.07. The first-order chi connectivity index (χ1) is 9.47. The molecule has 1 aliphatic rings. The quantitative estimate of drug-likeness (QED) is 0.852. The summed E-state index contributed by atoms with van der Waals surface area (Å²) in [7, 11) is -3.49. The van der Waals surface area contributed by atoms with Crippen LogP contribution in [0.5, 0.6) is 0 Å². The molecule has 1 fully saturated rings. The zero-order valence-electron chi connectivity index (χ0n) is 11.1. The lowest BCUT2D eigenvalue weighted by Gasteiger charge is -2.29. The lowest BCUT2D eigenvalue weighted by Crippen LogP contribution is -2.42. The fourth-order valence-electron chi connectivity index (χ4n) is 2.27. The number of β-amino-alcohol motifs (C(OH)–C–C–N with tert-alkyl or cyclic N) is 1. The molecule has 2 N–H and O–H groups in total. The van der Waals surface area contributed by atoms with Crippen LogP contribution in [0.2, 0.25) is 5.02 Å². The summed E-state index contributed by atoms with van der Waals surface area (Å²) in [5.74, 6) is 0. The van der Waals surface area contributed by atoms with E-state index in [9.17, 15) is 13.5 Å². The van der Waals surface area contributed by atoms with E-state index in [1.807, 2.05) is 0 Å². The number of nitrogens with one attached hydrogen (secondary N) is 1. The molecule has 1 aromatic carbocycles. The van der Waals surface area contributed by atoms with Gasteiger partial charge in [0, 0.05) is 24.7 Å². The molecular formula is C13H19ClN2O3S. The van der Waals surface area contributed by atoms with Gasteiger partial charge in [0.2, 0.25) is 10.0 Å². The molecule has 20 heavy (non-hydrogen) atoms. The molecule has 1 saturated heterocycles. The minimum Gasteiger partial charge on any atom is -0.392 e. The molecule has 0 amide bonds. The molecule has 1 aliphatic heterocycles. The van der Waals surface area contributed by atoms with E-state index in [-0.39, 0.29) is 11.0 Å². The summed E-state index contributed by atoms with van der Waals surface area (Å²) < 4.78 is 26.6. The second-order valence-corrected chi connectivity index (χ2v) is 7.15. The number of piperidine rings is 1. The molecular weight excluding hydrogens is 300 g/mol. The molecule has 1 unspecified atom stereocenters. The highest BCUT2D eigenvalue weighted by molar-refractivity contribution is 7.89. The van der Waals surface area contributed by atoms with Crippen molar-refractivity contribution in [1.29, 1.82) is 0 Å². The Hall–Kier alpha value is -0.660. The lowest BCUT2D eigenvalue weighted by molar-refractivity contribution is 0.0720. The summed E-state index contributed by atoms with van der Waals surface area (Å²) in [6.07, 6.45) is 1.48. The van der Waals surface area contributed by atoms with E-state index in [2.05, 4.69) is 9.62 Å². The first-order valence-corrected chi connectivity index (χ1v) is 8.49. The maximum Gasteiger partial charge on any atom is 0.240 e. The Morgan fingerprint density at radius 3 is 2.70 bits per heavy atom. The molecule has 0 radical (unpaired) electrons. The summed E-state index contributed by atoms with van der Waals surface area (Å²) in [5, 5.41) is 10.1. The van der Waals surface area contributed by atoms with Gasteiger partial charge in [-0.3, -0.25) is 4.90 Å². The van der Waals surface area contributed by atoms with Crippen LogP contribution in [0.15, 0.2) is 29.2 Å². The molecule has 1 aromatic rings. The van der Waals surface area contributed by atoms with Gasteiger partial charge in [-0.2, -0.15) is 0 Å². The maximum atomic E-state index is 12.0. The van der Waals surface area contributed by atoms with Gasteiger partial charge in [-0.15, -0.1) is 0 Å². The number of hydrogen-bond donors (Lipinski definition) is 2. The average Bonchev–Trinajstić information content (AvgIpc) is 2.39. The van der Waals surface area contributed by atoms with E-state index >= 15 is 0 Å². The highest BCUT2D eigenvalue weighted by Gasteiger charge is 2.18. The smallest absolute Gasteiger partial charge is 0.240 e. The van der Waals surface area contributed by atoms with Crippen LogP contribution in [-0.2, 0) is 10.0 Å². The number of sulfonamides is 1. The van der Waals surface area contributed by atoms with E-state index in [1.54, 1.807) is 12.1 Å². The third kappa shape index (κ3) is 4.43. The van der Waals surface area contributed by atoms with Crippen LogP contribution in [0.3, 0.4) is 0 Å². The van der Waals surface area contributed by atoms with Crippen molar-refractivity contribution in [3.05, 3.63) is 29.3 Å². The Kier molecular flexibility index (Phi) is 5.40. The third-order valence-corrected chi connectivity index (χ3v) is 5.05. The maximum absolute atomic E-state index is 12.0. The van der Waals surface area contributed by atoms with Crippen molar-refractivity contribution in [1.82, 2.24) is 9.62 Å². The number of aliphatic hydroxyl groups excluding tert-OH is 1. The molecule has 0 saturated carbocycles. The van der Waals surface area contributed by atoms with Gasteiger partial charge in [-0.1, -0.05) is 11.6 Å². The van der Waals surface area contributed by atoms with Crippen molar-refractivity contribution >= 4 is 21.6 Å². The van der Waals surface area contributed by atoms with Gasteiger partial charge in [0.15, 0.2) is 0 Å². The van der Waals surface area contributed by atoms with Crippen LogP contribution in [0.1, 0.15) is 12.8 Å². The van der Waals surface area contributed by atoms with Gasteiger partial charge in [0.25, 0.3) is 0 Å². The van der Waals surface area contributed by atoms with E-state index in [0.29, 0.717) is 24.7 Å². The zero-order chi connectivity index (χ0) is 14.6. The Labute approximate surface area is 124 Å². The van der Waals surface area contributed by atoms with Crippen molar-refractivity contribution in [3.63, 3.8) is 0 Å². The van der Waals surface area contributed by atoms with Crippen molar-refractivity contribution < 1.29 is 13.5 Å². The molecule has 0 spiro atoms. The van der Waals surface area contributed by atoms with Crippen LogP contribution >= 0.6 is 11.6 Å². The van der Waals surface area contributed by atoms with Crippen LogP contribution < -0.4 is 4.72 Å². The summed E-state index contributed by atoms with van der Waals surface area (Å²) in [4.78, 5) is 2.28. The molecule has 1 atom stereocenters. The molecule has 0 aliphatic carbocycles. The van der Waals surface area contributed by atoms with E-state index < -0.39 is 10.0 Å². The number of nitrogens with zero attached hydrogens (tertiary/aromatic N) is 1. The predicted molar refractivity (Wildman–Crippen MR) is 78.3 cm³/mol. The van der Waals surface area contributed by atoms with Gasteiger partial charge < -0.3 is 5.11 Å². The molecule has 0 bridgehead atoms. The summed E-state index contributed by atoms with van der Waals surface area (Å²) >= 11 is 5.74. The van der Waals surface area contributed by atoms with Gasteiger partial charge in [0.1, 0.15) is 0 Å². The van der Waals surface area contributed by atoms with Crippen LogP contribution in [0, 0.1) is 0 Å². The summed E-state index contributed by atoms with van der Waals surface area (Å²) in [6.45, 7) is 2.45. The van der Waals surface area contributed by atoms with E-state index in [1.165, 1.54) is 12.1 Å². The van der Waals surface area contributed by atoms with E-state index in [0.717, 1.165) is 19.4 Å². The number of aliphatic hydroxyl groups is 1. The topological polar surface area (TPSA) is 69.6 Å². The third-order valence-electron chi connectivity index (χ3n) is 3.32. The summed E-state index contributed by atoms with van der Waals surface area (Å²) in [6, 6.07) is 6.07. The fourth-order valence-corrected chi connectivity index (χ4v) is 3.42. The minimum absolute atomic E-state index is 0.209. The number of hydrogen-bond acceptors (Lipinski definition) is 4. The number of benzene rings is 1. The first-order valence-electron chi connectivity index (χ1n) is 6.63. The molecule has 0 aromatic heterocycles. The van der Waals surface area contributed by atoms with Gasteiger partial charge in [0.05, 0.1) is 11.0 Å². The number of rotatable bonds is 5. The van der Waals surface area contributed by atoms with Crippen molar-refractivity contribution in [3.8, 4) is 0 Å². The standard InChI is InChI=1S/C13H19ClN2O3S/c14-11-3-5-13(6-4-11)20(18,19)15-7-9-16-8-1-2-12(17)10-16/h3-6,12,15,17H,1-2,7-10H2. The van der Waals surface area contributed by atoms with Gasteiger partial charge >= 0.3 is 0 Å². The highest BCUT2D eigenvalue weighted by Crippen LogP contribution is 2.14. The number of likely N-dealkylation sites (tertiary alicyclic amines) is 1. The van der Waals surface area contributed by atoms with Crippen molar-refractivity contribution in [2.45, 2.75) is 23.8 Å². The van der Waals surface area contributed by atoms with E-state index in [4.69, 9.17) is 11.6 Å². The van der Waals surface area contributed by atoms with Crippen molar-refractivity contribution in [2.24, 2.45) is 0 Å². The molecule has 112 valence electrons. The SMILES string of the molecule is O=S(=O)(NCCN1CCCC(O)C1)c1ccc(Cl)cc1. The molecule has 1 heterocycles. The Morgan fingerprint density at radius 2 is 2.05 bits per heavy atom. The Balaban J connectivity index is 1.85. The molecule has 2 rings (SSSR count). The van der Waals surface area contributed by atoms with Gasteiger partial charge in [-0.25, -0.2) is 13.1 Å². The first kappa shape index (κ1) is 15.7. The van der Waals surface area contributed by atoms with Crippen molar-refractivity contribution in [2.75, 3.05) is 26.2 Å². The largest absolute Gasteiger partial charge is 0.392 e. The zero-order valence-corrected chi connectivity index (χ0v) is 12.7. The Morgan fingerprint density at radius 1 is 1.35 bits per heavy atom. The Bertz CT molecular complexity index is 533. The molecule has 5 nitrogen and oxygen atoms in total. The molecule has 7 heteroatoms. The van der Waals surface area contributed by atoms with Crippen LogP contribution in [-0.4, -0.2) is 50.7 Å². The minimum atomic E-state index is -3.49. The normalized spacial score (nSPS) is 21.0. The second kappa shape index (κ2) is 6.87. The second-order valence-electron chi connectivity index (χ2n) is 4.95. The lowest BCUT2D eigenvalue weighted by atomic mass is 10.1. The van der Waals surface area contributed by atoms with Crippen LogP contribution in [0.25, 0.3) is 0 Å². The highest BCUT2D eigenvalue weighted by atomic mass is 35.5. The fraction of sp³-hybridized carbons (Fsp3) is 0.538.